The molecule has 0 aliphatic carbocycles. The molecule has 0 atom stereocenters. The Morgan fingerprint density at radius 3 is 2.29 bits per heavy atom. The lowest BCUT2D eigenvalue weighted by molar-refractivity contribution is -0.122. The van der Waals surface area contributed by atoms with Gasteiger partial charge < -0.3 is 14.8 Å². The smallest absolute Gasteiger partial charge is 0.335 e. The average molecular weight is 702 g/mol. The van der Waals surface area contributed by atoms with Gasteiger partial charge in [-0.1, -0.05) is 46.4 Å². The predicted octanol–water partition coefficient (Wildman–Crippen LogP) is 7.15. The number of ether oxygens (including phenoxy) is 2. The van der Waals surface area contributed by atoms with Gasteiger partial charge in [0, 0.05) is 5.69 Å². The molecule has 3 aromatic rings. The summed E-state index contributed by atoms with van der Waals surface area (Å²) in [6.45, 7) is 1.62. The lowest BCUT2D eigenvalue weighted by Crippen LogP contribution is -2.54. The molecule has 0 unspecified atom stereocenters. The standard InChI is InChI=1S/C27H18BrCl4N3O6/c1-2-40-22-9-13(8-17(28)24(22)41-12-23(36)33-14-3-5-18(29)20(31)10-14)7-16-25(37)34-27(39)35(26(16)38)15-4-6-19(30)21(32)11-15/h3-11H,2,12H2,1H3,(H,33,36)(H,34,37,39)/b16-7-. The first-order valence-corrected chi connectivity index (χ1v) is 14.0. The summed E-state index contributed by atoms with van der Waals surface area (Å²) in [7, 11) is 0. The zero-order valence-electron chi connectivity index (χ0n) is 20.9. The van der Waals surface area contributed by atoms with Crippen LogP contribution in [-0.4, -0.2) is 37.0 Å². The highest BCUT2D eigenvalue weighted by atomic mass is 79.9. The number of carbonyl (C=O) groups is 4. The van der Waals surface area contributed by atoms with Gasteiger partial charge >= 0.3 is 6.03 Å². The molecular weight excluding hydrogens is 684 g/mol. The Balaban J connectivity index is 1.58. The number of rotatable bonds is 8. The van der Waals surface area contributed by atoms with Crippen molar-refractivity contribution in [3.05, 3.63) is 84.2 Å². The quantitative estimate of drug-likeness (QED) is 0.191. The van der Waals surface area contributed by atoms with E-state index in [1.807, 2.05) is 0 Å². The first kappa shape index (κ1) is 30.7. The summed E-state index contributed by atoms with van der Waals surface area (Å²) < 4.78 is 11.8. The maximum Gasteiger partial charge on any atom is 0.335 e. The van der Waals surface area contributed by atoms with E-state index in [0.717, 1.165) is 4.90 Å². The summed E-state index contributed by atoms with van der Waals surface area (Å²) in [6.07, 6.45) is 1.29. The van der Waals surface area contributed by atoms with E-state index in [1.165, 1.54) is 36.4 Å². The molecule has 14 heteroatoms. The SMILES string of the molecule is CCOc1cc(/C=C2/C(=O)NC(=O)N(c3ccc(Cl)c(Cl)c3)C2=O)cc(Br)c1OCC(=O)Nc1ccc(Cl)c(Cl)c1. The molecule has 0 radical (unpaired) electrons. The molecule has 1 saturated heterocycles. The zero-order valence-corrected chi connectivity index (χ0v) is 25.5. The summed E-state index contributed by atoms with van der Waals surface area (Å²) >= 11 is 27.3. The number of barbiturate groups is 1. The zero-order chi connectivity index (χ0) is 29.8. The first-order valence-electron chi connectivity index (χ1n) is 11.7. The second-order valence-corrected chi connectivity index (χ2v) is 10.8. The fourth-order valence-corrected chi connectivity index (χ4v) is 4.83. The highest BCUT2D eigenvalue weighted by Crippen LogP contribution is 2.38. The van der Waals surface area contributed by atoms with E-state index in [2.05, 4.69) is 26.6 Å². The van der Waals surface area contributed by atoms with Gasteiger partial charge in [-0.05, 0) is 83.0 Å². The third kappa shape index (κ3) is 7.14. The summed E-state index contributed by atoms with van der Waals surface area (Å²) in [5.41, 5.74) is 0.608. The van der Waals surface area contributed by atoms with Crippen LogP contribution in [0, 0.1) is 0 Å². The maximum atomic E-state index is 13.2. The van der Waals surface area contributed by atoms with Gasteiger partial charge in [-0.2, -0.15) is 0 Å². The fourth-order valence-electron chi connectivity index (χ4n) is 3.67. The molecule has 41 heavy (non-hydrogen) atoms. The van der Waals surface area contributed by atoms with Crippen molar-refractivity contribution in [3.63, 3.8) is 0 Å². The normalized spacial score (nSPS) is 14.2. The van der Waals surface area contributed by atoms with Crippen LogP contribution in [0.4, 0.5) is 16.2 Å². The predicted molar refractivity (Wildman–Crippen MR) is 161 cm³/mol. The molecule has 1 aliphatic rings. The lowest BCUT2D eigenvalue weighted by atomic mass is 10.1. The summed E-state index contributed by atoms with van der Waals surface area (Å²) in [5.74, 6) is -1.78. The Morgan fingerprint density at radius 2 is 1.63 bits per heavy atom. The van der Waals surface area contributed by atoms with Crippen molar-refractivity contribution < 1.29 is 28.7 Å². The molecule has 1 fully saturated rings. The molecule has 0 aromatic heterocycles. The Labute approximate surface area is 262 Å². The maximum absolute atomic E-state index is 13.2. The third-order valence-electron chi connectivity index (χ3n) is 5.46. The van der Waals surface area contributed by atoms with Gasteiger partial charge in [0.2, 0.25) is 0 Å². The van der Waals surface area contributed by atoms with E-state index < -0.39 is 23.8 Å². The molecule has 1 heterocycles. The molecule has 5 amide bonds. The minimum Gasteiger partial charge on any atom is -0.490 e. The molecule has 0 saturated carbocycles. The minimum atomic E-state index is -0.936. The number of hydrogen-bond acceptors (Lipinski definition) is 6. The van der Waals surface area contributed by atoms with Crippen molar-refractivity contribution in [2.24, 2.45) is 0 Å². The second kappa shape index (κ2) is 13.1. The Kier molecular flexibility index (Phi) is 9.83. The highest BCUT2D eigenvalue weighted by Gasteiger charge is 2.37. The third-order valence-corrected chi connectivity index (χ3v) is 7.52. The van der Waals surface area contributed by atoms with Gasteiger partial charge in [-0.25, -0.2) is 9.69 Å². The molecule has 1 aliphatic heterocycles. The van der Waals surface area contributed by atoms with Gasteiger partial charge in [-0.3, -0.25) is 19.7 Å². The number of halogens is 5. The van der Waals surface area contributed by atoms with Crippen LogP contribution in [0.3, 0.4) is 0 Å². The lowest BCUT2D eigenvalue weighted by Gasteiger charge is -2.26. The number of amides is 5. The van der Waals surface area contributed by atoms with E-state index in [1.54, 1.807) is 25.1 Å². The summed E-state index contributed by atoms with van der Waals surface area (Å²) in [6, 6.07) is 11.0. The largest absolute Gasteiger partial charge is 0.490 e. The Hall–Kier alpha value is -3.28. The van der Waals surface area contributed by atoms with Crippen LogP contribution < -0.4 is 25.0 Å². The van der Waals surface area contributed by atoms with E-state index in [-0.39, 0.29) is 51.0 Å². The number of carbonyl (C=O) groups excluding carboxylic acids is 4. The summed E-state index contributed by atoms with van der Waals surface area (Å²) in [5, 5.41) is 5.78. The Bertz CT molecular complexity index is 1610. The Morgan fingerprint density at radius 1 is 0.951 bits per heavy atom. The van der Waals surface area contributed by atoms with Crippen LogP contribution in [0.25, 0.3) is 6.08 Å². The van der Waals surface area contributed by atoms with E-state index in [9.17, 15) is 19.2 Å². The van der Waals surface area contributed by atoms with Crippen LogP contribution in [0.5, 0.6) is 11.5 Å². The molecule has 212 valence electrons. The molecule has 0 spiro atoms. The highest BCUT2D eigenvalue weighted by molar-refractivity contribution is 9.10. The number of hydrogen-bond donors (Lipinski definition) is 2. The number of urea groups is 1. The van der Waals surface area contributed by atoms with Crippen LogP contribution in [0.1, 0.15) is 12.5 Å². The van der Waals surface area contributed by atoms with Gasteiger partial charge in [0.25, 0.3) is 17.7 Å². The molecule has 3 aromatic carbocycles. The van der Waals surface area contributed by atoms with Crippen LogP contribution in [-0.2, 0) is 14.4 Å². The van der Waals surface area contributed by atoms with Crippen molar-refractivity contribution in [1.29, 1.82) is 0 Å². The van der Waals surface area contributed by atoms with E-state index in [0.29, 0.717) is 20.7 Å². The molecular formula is C27H18BrCl4N3O6. The first-order chi connectivity index (χ1) is 19.5. The van der Waals surface area contributed by atoms with Crippen molar-refractivity contribution in [2.75, 3.05) is 23.4 Å². The van der Waals surface area contributed by atoms with Crippen LogP contribution >= 0.6 is 62.3 Å². The minimum absolute atomic E-state index is 0.124. The molecule has 0 bridgehead atoms. The number of imide groups is 2. The topological polar surface area (TPSA) is 114 Å². The second-order valence-electron chi connectivity index (χ2n) is 8.29. The van der Waals surface area contributed by atoms with Gasteiger partial charge in [-0.15, -0.1) is 0 Å². The van der Waals surface area contributed by atoms with Crippen molar-refractivity contribution in [2.45, 2.75) is 6.92 Å². The van der Waals surface area contributed by atoms with Crippen LogP contribution in [0.2, 0.25) is 20.1 Å². The monoisotopic (exact) mass is 699 g/mol. The van der Waals surface area contributed by atoms with E-state index >= 15 is 0 Å². The van der Waals surface area contributed by atoms with Gasteiger partial charge in [0.1, 0.15) is 5.57 Å². The number of anilines is 2. The number of benzene rings is 3. The fraction of sp³-hybridized carbons (Fsp3) is 0.111. The average Bonchev–Trinajstić information content (AvgIpc) is 2.90. The molecule has 4 rings (SSSR count). The number of nitrogens with one attached hydrogen (secondary N) is 2. The molecule has 9 nitrogen and oxygen atoms in total. The van der Waals surface area contributed by atoms with Crippen LogP contribution in [0.15, 0.2) is 58.6 Å². The van der Waals surface area contributed by atoms with Gasteiger partial charge in [0.05, 0.1) is 36.9 Å². The van der Waals surface area contributed by atoms with Crippen molar-refractivity contribution in [3.8, 4) is 11.5 Å². The van der Waals surface area contributed by atoms with Crippen molar-refractivity contribution in [1.82, 2.24) is 5.32 Å². The molecule has 2 N–H and O–H groups in total. The number of nitrogens with zero attached hydrogens (tertiary/aromatic N) is 1. The summed E-state index contributed by atoms with van der Waals surface area (Å²) in [4.78, 5) is 51.6. The van der Waals surface area contributed by atoms with Crippen molar-refractivity contribution >= 4 is 104 Å². The van der Waals surface area contributed by atoms with Gasteiger partial charge in [0.15, 0.2) is 18.1 Å². The van der Waals surface area contributed by atoms with E-state index in [4.69, 9.17) is 55.9 Å².